The van der Waals surface area contributed by atoms with Gasteiger partial charge in [-0.05, 0) is 49.3 Å². The highest BCUT2D eigenvalue weighted by molar-refractivity contribution is 5.93. The van der Waals surface area contributed by atoms with Crippen LogP contribution >= 0.6 is 0 Å². The maximum Gasteiger partial charge on any atom is 0.414 e. The summed E-state index contributed by atoms with van der Waals surface area (Å²) >= 11 is 0. The summed E-state index contributed by atoms with van der Waals surface area (Å²) in [6, 6.07) is 7.86. The van der Waals surface area contributed by atoms with E-state index >= 15 is 0 Å². The van der Waals surface area contributed by atoms with Crippen LogP contribution in [0, 0.1) is 17.8 Å². The molecular formula is C18H21N3O3. The normalized spacial score (nSPS) is 33.2. The lowest BCUT2D eigenvalue weighted by atomic mass is 9.77. The first-order valence-electron chi connectivity index (χ1n) is 8.83. The zero-order valence-electron chi connectivity index (χ0n) is 13.5. The number of carbonyl (C=O) groups excluding carboxylic acids is 2. The highest BCUT2D eigenvalue weighted by atomic mass is 16.6. The van der Waals surface area contributed by atoms with Gasteiger partial charge in [0.1, 0.15) is 6.61 Å². The number of rotatable bonds is 2. The molecule has 0 spiro atoms. The Morgan fingerprint density at radius 2 is 2.12 bits per heavy atom. The molecule has 2 bridgehead atoms. The molecule has 2 saturated heterocycles. The molecule has 6 nitrogen and oxygen atoms in total. The number of cyclic esters (lactones) is 1. The number of likely N-dealkylation sites (tertiary alicyclic amines) is 1. The molecule has 1 aromatic carbocycles. The van der Waals surface area contributed by atoms with Crippen LogP contribution in [0.15, 0.2) is 24.3 Å². The Bertz CT molecular complexity index is 705. The monoisotopic (exact) mass is 327 g/mol. The summed E-state index contributed by atoms with van der Waals surface area (Å²) in [5, 5.41) is 3.00. The van der Waals surface area contributed by atoms with Crippen LogP contribution in [0.25, 0.3) is 0 Å². The molecule has 2 aliphatic carbocycles. The second-order valence-electron chi connectivity index (χ2n) is 7.39. The van der Waals surface area contributed by atoms with Crippen molar-refractivity contribution in [3.63, 3.8) is 0 Å². The molecule has 0 aromatic heterocycles. The summed E-state index contributed by atoms with van der Waals surface area (Å²) in [5.74, 6) is 2.30. The molecule has 2 saturated carbocycles. The molecule has 2 aliphatic heterocycles. The number of amides is 3. The first kappa shape index (κ1) is 14.1. The maximum absolute atomic E-state index is 12.6. The summed E-state index contributed by atoms with van der Waals surface area (Å²) in [5.41, 5.74) is 1.49. The Hall–Kier alpha value is -2.24. The Morgan fingerprint density at radius 3 is 2.92 bits per heavy atom. The number of benzene rings is 1. The number of urea groups is 1. The van der Waals surface area contributed by atoms with Crippen LogP contribution in [0.5, 0.6) is 0 Å². The first-order valence-corrected chi connectivity index (χ1v) is 8.83. The summed E-state index contributed by atoms with van der Waals surface area (Å²) in [6.07, 6.45) is 3.62. The summed E-state index contributed by atoms with van der Waals surface area (Å²) in [7, 11) is 0. The summed E-state index contributed by atoms with van der Waals surface area (Å²) in [6.45, 7) is 1.86. The number of hydrogen-bond acceptors (Lipinski definition) is 3. The second kappa shape index (κ2) is 5.13. The number of carbonyl (C=O) groups is 2. The van der Waals surface area contributed by atoms with Gasteiger partial charge in [0, 0.05) is 29.9 Å². The van der Waals surface area contributed by atoms with Crippen LogP contribution in [0.3, 0.4) is 0 Å². The van der Waals surface area contributed by atoms with Crippen molar-refractivity contribution >= 4 is 23.5 Å². The minimum absolute atomic E-state index is 0.00931. The molecule has 6 heteroatoms. The predicted molar refractivity (Wildman–Crippen MR) is 89.0 cm³/mol. The minimum Gasteiger partial charge on any atom is -0.447 e. The fourth-order valence-corrected chi connectivity index (χ4v) is 5.13. The predicted octanol–water partition coefficient (Wildman–Crippen LogP) is 2.91. The molecule has 2 heterocycles. The largest absolute Gasteiger partial charge is 0.447 e. The standard InChI is InChI=1S/C18H21N3O3/c22-17(21-10-15-11-4-5-12(8-11)16(15)21)19-13-2-1-3-14(9-13)20-6-7-24-18(20)23/h1-3,9,11-12,15-16H,4-8,10H2,(H,19,22)/t11-,12-,15+,16-/m0/s1. The number of hydrogen-bond donors (Lipinski definition) is 1. The lowest BCUT2D eigenvalue weighted by molar-refractivity contribution is 0.0177. The molecule has 1 aromatic rings. The van der Waals surface area contributed by atoms with E-state index in [0.717, 1.165) is 29.8 Å². The molecule has 4 aliphatic rings. The van der Waals surface area contributed by atoms with Gasteiger partial charge in [0.2, 0.25) is 0 Å². The smallest absolute Gasteiger partial charge is 0.414 e. The Kier molecular flexibility index (Phi) is 3.02. The average molecular weight is 327 g/mol. The van der Waals surface area contributed by atoms with Crippen LogP contribution in [-0.2, 0) is 4.74 Å². The molecule has 4 fully saturated rings. The van der Waals surface area contributed by atoms with E-state index in [0.29, 0.717) is 25.1 Å². The number of ether oxygens (including phenoxy) is 1. The van der Waals surface area contributed by atoms with Gasteiger partial charge in [-0.1, -0.05) is 6.07 Å². The van der Waals surface area contributed by atoms with Gasteiger partial charge in [-0.15, -0.1) is 0 Å². The van der Waals surface area contributed by atoms with Crippen LogP contribution < -0.4 is 10.2 Å². The van der Waals surface area contributed by atoms with Gasteiger partial charge in [0.05, 0.1) is 6.54 Å². The maximum atomic E-state index is 12.6. The molecule has 3 amide bonds. The third kappa shape index (κ3) is 2.01. The fourth-order valence-electron chi connectivity index (χ4n) is 5.13. The fraction of sp³-hybridized carbons (Fsp3) is 0.556. The van der Waals surface area contributed by atoms with Gasteiger partial charge in [-0.25, -0.2) is 9.59 Å². The van der Waals surface area contributed by atoms with Crippen molar-refractivity contribution in [1.29, 1.82) is 0 Å². The topological polar surface area (TPSA) is 61.9 Å². The zero-order chi connectivity index (χ0) is 16.3. The number of nitrogens with zero attached hydrogens (tertiary/aromatic N) is 2. The molecule has 0 radical (unpaired) electrons. The van der Waals surface area contributed by atoms with E-state index in [1.807, 2.05) is 29.2 Å². The van der Waals surface area contributed by atoms with E-state index in [1.54, 1.807) is 4.90 Å². The molecule has 5 rings (SSSR count). The lowest BCUT2D eigenvalue weighted by Gasteiger charge is -2.50. The molecule has 0 unspecified atom stereocenters. The van der Waals surface area contributed by atoms with Crippen molar-refractivity contribution in [1.82, 2.24) is 4.90 Å². The van der Waals surface area contributed by atoms with Crippen molar-refractivity contribution in [2.45, 2.75) is 25.3 Å². The van der Waals surface area contributed by atoms with Crippen molar-refractivity contribution < 1.29 is 14.3 Å². The molecule has 24 heavy (non-hydrogen) atoms. The summed E-state index contributed by atoms with van der Waals surface area (Å²) in [4.78, 5) is 27.9. The highest BCUT2D eigenvalue weighted by Gasteiger charge is 2.57. The van der Waals surface area contributed by atoms with Gasteiger partial charge < -0.3 is 15.0 Å². The van der Waals surface area contributed by atoms with E-state index in [1.165, 1.54) is 19.3 Å². The van der Waals surface area contributed by atoms with Crippen molar-refractivity contribution in [2.24, 2.45) is 17.8 Å². The van der Waals surface area contributed by atoms with E-state index in [9.17, 15) is 9.59 Å². The first-order chi connectivity index (χ1) is 11.7. The zero-order valence-corrected chi connectivity index (χ0v) is 13.5. The lowest BCUT2D eigenvalue weighted by Crippen LogP contribution is -2.61. The Balaban J connectivity index is 1.28. The second-order valence-corrected chi connectivity index (χ2v) is 7.39. The third-order valence-corrected chi connectivity index (χ3v) is 6.24. The number of anilines is 2. The Morgan fingerprint density at radius 1 is 1.25 bits per heavy atom. The van der Waals surface area contributed by atoms with Crippen molar-refractivity contribution in [2.75, 3.05) is 29.9 Å². The van der Waals surface area contributed by atoms with E-state index in [2.05, 4.69) is 5.32 Å². The third-order valence-electron chi connectivity index (χ3n) is 6.24. The van der Waals surface area contributed by atoms with Crippen LogP contribution in [-0.4, -0.2) is 42.8 Å². The van der Waals surface area contributed by atoms with Crippen LogP contribution in [0.2, 0.25) is 0 Å². The molecule has 126 valence electrons. The number of fused-ring (bicyclic) bond motifs is 5. The number of nitrogens with one attached hydrogen (secondary N) is 1. The SMILES string of the molecule is O=C1OCCN1c1cccc(NC(=O)N2C[C@@H]3[C@H]4CC[C@@H](C4)[C@@H]32)c1. The van der Waals surface area contributed by atoms with Crippen LogP contribution in [0.1, 0.15) is 19.3 Å². The van der Waals surface area contributed by atoms with Gasteiger partial charge in [0.15, 0.2) is 0 Å². The molecular weight excluding hydrogens is 306 g/mol. The van der Waals surface area contributed by atoms with Gasteiger partial charge >= 0.3 is 12.1 Å². The highest BCUT2D eigenvalue weighted by Crippen LogP contribution is 2.55. The minimum atomic E-state index is -0.328. The average Bonchev–Trinajstić information content (AvgIpc) is 3.21. The summed E-state index contributed by atoms with van der Waals surface area (Å²) < 4.78 is 4.97. The van der Waals surface area contributed by atoms with Gasteiger partial charge in [-0.2, -0.15) is 0 Å². The van der Waals surface area contributed by atoms with Crippen molar-refractivity contribution in [3.05, 3.63) is 24.3 Å². The molecule has 4 atom stereocenters. The van der Waals surface area contributed by atoms with E-state index < -0.39 is 0 Å². The quantitative estimate of drug-likeness (QED) is 0.908. The van der Waals surface area contributed by atoms with Crippen molar-refractivity contribution in [3.8, 4) is 0 Å². The Labute approximate surface area is 140 Å². The molecule has 1 N–H and O–H groups in total. The van der Waals surface area contributed by atoms with Gasteiger partial charge in [0.25, 0.3) is 0 Å². The van der Waals surface area contributed by atoms with E-state index in [-0.39, 0.29) is 12.1 Å². The van der Waals surface area contributed by atoms with E-state index in [4.69, 9.17) is 4.74 Å². The van der Waals surface area contributed by atoms with Gasteiger partial charge in [-0.3, -0.25) is 4.90 Å². The van der Waals surface area contributed by atoms with Crippen LogP contribution in [0.4, 0.5) is 21.0 Å².